The van der Waals surface area contributed by atoms with Crippen molar-refractivity contribution in [1.82, 2.24) is 4.98 Å². The third kappa shape index (κ3) is 2.58. The number of carboxylic acid groups (broad SMARTS) is 1. The molecule has 0 aliphatic carbocycles. The molecule has 3 rings (SSSR count). The molecule has 2 aromatic rings. The summed E-state index contributed by atoms with van der Waals surface area (Å²) in [5, 5.41) is 13.6. The fraction of sp³-hybridized carbons (Fsp3) is 0.333. The lowest BCUT2D eigenvalue weighted by molar-refractivity contribution is 0.0697. The van der Waals surface area contributed by atoms with Crippen LogP contribution in [0.2, 0.25) is 0 Å². The Kier molecular flexibility index (Phi) is 3.78. The first kappa shape index (κ1) is 13.2. The van der Waals surface area contributed by atoms with E-state index in [9.17, 15) is 9.90 Å². The molecule has 0 radical (unpaired) electrons. The maximum Gasteiger partial charge on any atom is 0.339 e. The second-order valence-corrected chi connectivity index (χ2v) is 6.13. The Bertz CT molecular complexity index is 639. The monoisotopic (exact) mass is 288 g/mol. The second kappa shape index (κ2) is 5.71. The molecule has 0 amide bonds. The maximum atomic E-state index is 11.4. The molecule has 0 bridgehead atoms. The molecular weight excluding hydrogens is 272 g/mol. The smallest absolute Gasteiger partial charge is 0.339 e. The summed E-state index contributed by atoms with van der Waals surface area (Å²) in [6, 6.07) is 7.64. The molecule has 1 saturated heterocycles. The molecule has 20 heavy (non-hydrogen) atoms. The molecule has 1 atom stereocenters. The van der Waals surface area contributed by atoms with Crippen molar-refractivity contribution >= 4 is 34.3 Å². The number of carbonyl (C=O) groups is 1. The van der Waals surface area contributed by atoms with Gasteiger partial charge in [-0.2, -0.15) is 11.8 Å². The molecule has 2 heterocycles. The van der Waals surface area contributed by atoms with E-state index in [1.807, 2.05) is 36.0 Å². The van der Waals surface area contributed by atoms with Crippen molar-refractivity contribution in [3.8, 4) is 0 Å². The van der Waals surface area contributed by atoms with Gasteiger partial charge in [-0.25, -0.2) is 4.79 Å². The van der Waals surface area contributed by atoms with Crippen molar-refractivity contribution in [2.75, 3.05) is 23.4 Å². The number of para-hydroxylation sites is 1. The molecular formula is C15H16N2O2S. The highest BCUT2D eigenvalue weighted by Gasteiger charge is 2.18. The average molecular weight is 288 g/mol. The van der Waals surface area contributed by atoms with Crippen LogP contribution in [0.15, 0.2) is 30.5 Å². The lowest BCUT2D eigenvalue weighted by atomic mass is 10.1. The number of hydrogen-bond acceptors (Lipinski definition) is 4. The van der Waals surface area contributed by atoms with Gasteiger partial charge in [0.25, 0.3) is 0 Å². The number of anilines is 1. The van der Waals surface area contributed by atoms with Gasteiger partial charge in [0.2, 0.25) is 0 Å². The van der Waals surface area contributed by atoms with Gasteiger partial charge < -0.3 is 10.4 Å². The van der Waals surface area contributed by atoms with Crippen molar-refractivity contribution in [3.63, 3.8) is 0 Å². The zero-order valence-corrected chi connectivity index (χ0v) is 11.8. The van der Waals surface area contributed by atoms with Crippen LogP contribution in [0.4, 0.5) is 5.69 Å². The van der Waals surface area contributed by atoms with Crippen molar-refractivity contribution < 1.29 is 9.90 Å². The summed E-state index contributed by atoms with van der Waals surface area (Å²) in [7, 11) is 0. The Morgan fingerprint density at radius 3 is 3.05 bits per heavy atom. The van der Waals surface area contributed by atoms with E-state index in [4.69, 9.17) is 0 Å². The zero-order chi connectivity index (χ0) is 13.9. The summed E-state index contributed by atoms with van der Waals surface area (Å²) in [4.78, 5) is 15.6. The van der Waals surface area contributed by atoms with Gasteiger partial charge in [0.1, 0.15) is 5.56 Å². The molecule has 1 aromatic carbocycles. The summed E-state index contributed by atoms with van der Waals surface area (Å²) in [5.41, 5.74) is 1.76. The Morgan fingerprint density at radius 1 is 1.45 bits per heavy atom. The Labute approximate surface area is 121 Å². The molecule has 1 aliphatic heterocycles. The Balaban J connectivity index is 1.96. The third-order valence-electron chi connectivity index (χ3n) is 3.60. The van der Waals surface area contributed by atoms with Crippen LogP contribution >= 0.6 is 11.8 Å². The number of nitrogens with zero attached hydrogens (tertiary/aromatic N) is 1. The number of carboxylic acids is 1. The van der Waals surface area contributed by atoms with Crippen LogP contribution in [0.5, 0.6) is 0 Å². The zero-order valence-electron chi connectivity index (χ0n) is 11.0. The van der Waals surface area contributed by atoms with Crippen LogP contribution in [-0.2, 0) is 0 Å². The van der Waals surface area contributed by atoms with Crippen LogP contribution in [0.1, 0.15) is 16.8 Å². The first-order valence-electron chi connectivity index (χ1n) is 6.68. The first-order chi connectivity index (χ1) is 9.75. The van der Waals surface area contributed by atoms with E-state index in [1.54, 1.807) is 0 Å². The van der Waals surface area contributed by atoms with Gasteiger partial charge in [-0.15, -0.1) is 0 Å². The molecule has 1 aliphatic rings. The average Bonchev–Trinajstić information content (AvgIpc) is 2.97. The van der Waals surface area contributed by atoms with Crippen molar-refractivity contribution in [2.45, 2.75) is 6.42 Å². The summed E-state index contributed by atoms with van der Waals surface area (Å²) in [6.45, 7) is 0.821. The molecule has 5 heteroatoms. The predicted octanol–water partition coefficient (Wildman–Crippen LogP) is 3.10. The van der Waals surface area contributed by atoms with Gasteiger partial charge >= 0.3 is 5.97 Å². The molecule has 4 nitrogen and oxygen atoms in total. The fourth-order valence-corrected chi connectivity index (χ4v) is 3.77. The van der Waals surface area contributed by atoms with Crippen LogP contribution in [0.3, 0.4) is 0 Å². The lowest BCUT2D eigenvalue weighted by Gasteiger charge is -2.15. The van der Waals surface area contributed by atoms with E-state index in [-0.39, 0.29) is 5.56 Å². The molecule has 1 fully saturated rings. The maximum absolute atomic E-state index is 11.4. The van der Waals surface area contributed by atoms with Gasteiger partial charge in [-0.05, 0) is 29.9 Å². The van der Waals surface area contributed by atoms with E-state index in [2.05, 4.69) is 10.3 Å². The summed E-state index contributed by atoms with van der Waals surface area (Å²) in [5.74, 6) is 2.04. The molecule has 1 aromatic heterocycles. The molecule has 104 valence electrons. The van der Waals surface area contributed by atoms with E-state index in [0.717, 1.165) is 23.2 Å². The van der Waals surface area contributed by atoms with Gasteiger partial charge in [0.05, 0.1) is 11.2 Å². The van der Waals surface area contributed by atoms with Crippen molar-refractivity contribution in [1.29, 1.82) is 0 Å². The predicted molar refractivity (Wildman–Crippen MR) is 82.6 cm³/mol. The number of pyridine rings is 1. The van der Waals surface area contributed by atoms with Gasteiger partial charge in [0, 0.05) is 18.1 Å². The minimum Gasteiger partial charge on any atom is -0.478 e. The summed E-state index contributed by atoms with van der Waals surface area (Å²) < 4.78 is 0. The van der Waals surface area contributed by atoms with E-state index in [0.29, 0.717) is 11.6 Å². The minimum atomic E-state index is -0.938. The Hall–Kier alpha value is -1.75. The number of aromatic carboxylic acids is 1. The van der Waals surface area contributed by atoms with Crippen molar-refractivity contribution in [3.05, 3.63) is 36.0 Å². The van der Waals surface area contributed by atoms with Gasteiger partial charge in [-0.1, -0.05) is 18.2 Å². The van der Waals surface area contributed by atoms with Crippen LogP contribution < -0.4 is 5.32 Å². The van der Waals surface area contributed by atoms with E-state index >= 15 is 0 Å². The highest BCUT2D eigenvalue weighted by Crippen LogP contribution is 2.28. The normalized spacial score (nSPS) is 18.3. The number of rotatable bonds is 4. The number of thioether (sulfide) groups is 1. The number of hydrogen-bond donors (Lipinski definition) is 2. The summed E-state index contributed by atoms with van der Waals surface area (Å²) >= 11 is 1.96. The van der Waals surface area contributed by atoms with Gasteiger partial charge in [0.15, 0.2) is 0 Å². The second-order valence-electron chi connectivity index (χ2n) is 4.98. The third-order valence-corrected chi connectivity index (χ3v) is 4.83. The number of fused-ring (bicyclic) bond motifs is 1. The SMILES string of the molecule is O=C(O)c1cnc2ccccc2c1NCC1CCSC1. The quantitative estimate of drug-likeness (QED) is 0.905. The topological polar surface area (TPSA) is 62.2 Å². The van der Waals surface area contributed by atoms with E-state index in [1.165, 1.54) is 18.4 Å². The lowest BCUT2D eigenvalue weighted by Crippen LogP contribution is -2.16. The Morgan fingerprint density at radius 2 is 2.30 bits per heavy atom. The van der Waals surface area contributed by atoms with Crippen LogP contribution in [-0.4, -0.2) is 34.1 Å². The highest BCUT2D eigenvalue weighted by molar-refractivity contribution is 7.99. The van der Waals surface area contributed by atoms with Gasteiger partial charge in [-0.3, -0.25) is 4.98 Å². The minimum absolute atomic E-state index is 0.245. The molecule has 2 N–H and O–H groups in total. The highest BCUT2D eigenvalue weighted by atomic mass is 32.2. The number of nitrogens with one attached hydrogen (secondary N) is 1. The first-order valence-corrected chi connectivity index (χ1v) is 7.84. The van der Waals surface area contributed by atoms with Crippen molar-refractivity contribution in [2.24, 2.45) is 5.92 Å². The fourth-order valence-electron chi connectivity index (χ4n) is 2.48. The standard InChI is InChI=1S/C15H16N2O2S/c18-15(19)12-8-16-13-4-2-1-3-11(13)14(12)17-7-10-5-6-20-9-10/h1-4,8,10H,5-7,9H2,(H,16,17)(H,18,19). The van der Waals surface area contributed by atoms with Crippen LogP contribution in [0.25, 0.3) is 10.9 Å². The number of benzene rings is 1. The van der Waals surface area contributed by atoms with E-state index < -0.39 is 5.97 Å². The van der Waals surface area contributed by atoms with Crippen LogP contribution in [0, 0.1) is 5.92 Å². The molecule has 0 spiro atoms. The molecule has 0 saturated carbocycles. The number of aromatic nitrogens is 1. The molecule has 1 unspecified atom stereocenters. The largest absolute Gasteiger partial charge is 0.478 e. The summed E-state index contributed by atoms with van der Waals surface area (Å²) in [6.07, 6.45) is 2.64.